The largest absolute Gasteiger partial charge is 0.378 e. The van der Waals surface area contributed by atoms with Crippen LogP contribution in [0, 0.1) is 17.0 Å². The molecular formula is C24H30N8O6S. The van der Waals surface area contributed by atoms with E-state index >= 15 is 0 Å². The molecule has 2 aromatic carbocycles. The molecule has 2 heterocycles. The van der Waals surface area contributed by atoms with Crippen LogP contribution in [0.3, 0.4) is 0 Å². The zero-order valence-corrected chi connectivity index (χ0v) is 22.5. The highest BCUT2D eigenvalue weighted by Gasteiger charge is 2.30. The van der Waals surface area contributed by atoms with Crippen molar-refractivity contribution in [2.45, 2.75) is 31.3 Å². The molecule has 0 aliphatic carbocycles. The van der Waals surface area contributed by atoms with Gasteiger partial charge in [-0.3, -0.25) is 14.9 Å². The molecule has 14 nitrogen and oxygen atoms in total. The molecule has 3 aromatic rings. The SMILES string of the molecule is Cc1c(S(=O)(=O)N(C)Cc2nnnn2CCc2ccccc2)ccc(NCCN2CCOCC2=O)c1[N+](=O)[O-]. The van der Waals surface area contributed by atoms with Crippen LogP contribution in [0.25, 0.3) is 0 Å². The first kappa shape index (κ1) is 28.1. The number of aryl methyl sites for hydroxylation is 2. The van der Waals surface area contributed by atoms with E-state index in [1.54, 1.807) is 9.58 Å². The highest BCUT2D eigenvalue weighted by atomic mass is 32.2. The quantitative estimate of drug-likeness (QED) is 0.252. The zero-order chi connectivity index (χ0) is 28.0. The molecule has 0 unspecified atom stereocenters. The van der Waals surface area contributed by atoms with Gasteiger partial charge in [0, 0.05) is 38.8 Å². The van der Waals surface area contributed by atoms with Gasteiger partial charge in [-0.1, -0.05) is 30.3 Å². The van der Waals surface area contributed by atoms with Gasteiger partial charge in [0.25, 0.3) is 5.69 Å². The second-order valence-electron chi connectivity index (χ2n) is 9.02. The maximum atomic E-state index is 13.5. The normalized spacial score (nSPS) is 14.1. The molecular weight excluding hydrogens is 528 g/mol. The molecule has 0 bridgehead atoms. The Morgan fingerprint density at radius 3 is 2.67 bits per heavy atom. The number of hydrogen-bond donors (Lipinski definition) is 1. The van der Waals surface area contributed by atoms with Crippen molar-refractivity contribution in [1.29, 1.82) is 0 Å². The third-order valence-corrected chi connectivity index (χ3v) is 8.41. The van der Waals surface area contributed by atoms with Crippen LogP contribution < -0.4 is 5.32 Å². The predicted octanol–water partition coefficient (Wildman–Crippen LogP) is 1.22. The monoisotopic (exact) mass is 558 g/mol. The molecule has 208 valence electrons. The number of rotatable bonds is 12. The Morgan fingerprint density at radius 2 is 1.95 bits per heavy atom. The molecule has 0 saturated carbocycles. The third kappa shape index (κ3) is 6.55. The molecule has 4 rings (SSSR count). The molecule has 0 atom stereocenters. The van der Waals surface area contributed by atoms with Crippen molar-refractivity contribution in [2.24, 2.45) is 0 Å². The summed E-state index contributed by atoms with van der Waals surface area (Å²) in [5, 5.41) is 26.6. The van der Waals surface area contributed by atoms with Crippen molar-refractivity contribution in [3.63, 3.8) is 0 Å². The summed E-state index contributed by atoms with van der Waals surface area (Å²) in [7, 11) is -2.74. The van der Waals surface area contributed by atoms with Gasteiger partial charge in [0.1, 0.15) is 12.3 Å². The van der Waals surface area contributed by atoms with E-state index in [4.69, 9.17) is 4.74 Å². The number of tetrazole rings is 1. The number of carbonyl (C=O) groups excluding carboxylic acids is 1. The number of nitrogens with zero attached hydrogens (tertiary/aromatic N) is 7. The van der Waals surface area contributed by atoms with Gasteiger partial charge in [-0.15, -0.1) is 5.10 Å². The number of benzene rings is 2. The number of amides is 1. The first-order chi connectivity index (χ1) is 18.7. The Balaban J connectivity index is 1.47. The van der Waals surface area contributed by atoms with Gasteiger partial charge < -0.3 is 15.0 Å². The number of nitro benzene ring substituents is 1. The van der Waals surface area contributed by atoms with Gasteiger partial charge in [-0.25, -0.2) is 13.1 Å². The van der Waals surface area contributed by atoms with E-state index in [2.05, 4.69) is 20.8 Å². The van der Waals surface area contributed by atoms with Crippen LogP contribution in [0.5, 0.6) is 0 Å². The number of nitro groups is 1. The second kappa shape index (κ2) is 12.3. The van der Waals surface area contributed by atoms with Crippen molar-refractivity contribution in [3.8, 4) is 0 Å². The van der Waals surface area contributed by atoms with E-state index in [0.29, 0.717) is 38.5 Å². The average Bonchev–Trinajstić information content (AvgIpc) is 3.35. The Kier molecular flexibility index (Phi) is 8.83. The summed E-state index contributed by atoms with van der Waals surface area (Å²) in [5.74, 6) is 0.199. The minimum atomic E-state index is -4.12. The Hall–Kier alpha value is -3.95. The molecule has 0 radical (unpaired) electrons. The first-order valence-corrected chi connectivity index (χ1v) is 13.7. The predicted molar refractivity (Wildman–Crippen MR) is 140 cm³/mol. The van der Waals surface area contributed by atoms with Crippen molar-refractivity contribution in [3.05, 3.63) is 69.5 Å². The van der Waals surface area contributed by atoms with Gasteiger partial charge in [0.15, 0.2) is 5.82 Å². The Labute approximate surface area is 225 Å². The first-order valence-electron chi connectivity index (χ1n) is 12.3. The molecule has 1 N–H and O–H groups in total. The minimum Gasteiger partial charge on any atom is -0.378 e. The van der Waals surface area contributed by atoms with Gasteiger partial charge in [-0.2, -0.15) is 4.31 Å². The zero-order valence-electron chi connectivity index (χ0n) is 21.7. The lowest BCUT2D eigenvalue weighted by molar-refractivity contribution is -0.384. The van der Waals surface area contributed by atoms with E-state index < -0.39 is 14.9 Å². The summed E-state index contributed by atoms with van der Waals surface area (Å²) in [5.41, 5.74) is 0.922. The molecule has 1 saturated heterocycles. The van der Waals surface area contributed by atoms with Gasteiger partial charge >= 0.3 is 0 Å². The molecule has 1 aliphatic rings. The van der Waals surface area contributed by atoms with E-state index in [0.717, 1.165) is 9.87 Å². The number of sulfonamides is 1. The number of carbonyl (C=O) groups is 1. The highest BCUT2D eigenvalue weighted by molar-refractivity contribution is 7.89. The Bertz CT molecular complexity index is 1430. The summed E-state index contributed by atoms with van der Waals surface area (Å²) in [4.78, 5) is 24.7. The Morgan fingerprint density at radius 1 is 1.18 bits per heavy atom. The maximum Gasteiger partial charge on any atom is 0.296 e. The number of nitrogens with one attached hydrogen (secondary N) is 1. The van der Waals surface area contributed by atoms with Crippen molar-refractivity contribution in [1.82, 2.24) is 29.4 Å². The molecule has 1 amide bonds. The average molecular weight is 559 g/mol. The van der Waals surface area contributed by atoms with Crippen LogP contribution >= 0.6 is 0 Å². The summed E-state index contributed by atoms with van der Waals surface area (Å²) in [6.45, 7) is 3.22. The molecule has 1 aromatic heterocycles. The lowest BCUT2D eigenvalue weighted by atomic mass is 10.1. The van der Waals surface area contributed by atoms with Crippen LogP contribution in [0.4, 0.5) is 11.4 Å². The van der Waals surface area contributed by atoms with E-state index in [9.17, 15) is 23.3 Å². The fourth-order valence-electron chi connectivity index (χ4n) is 4.29. The number of morpholine rings is 1. The molecule has 15 heteroatoms. The van der Waals surface area contributed by atoms with Crippen LogP contribution in [-0.4, -0.2) is 88.6 Å². The fraction of sp³-hybridized carbons (Fsp3) is 0.417. The van der Waals surface area contributed by atoms with Gasteiger partial charge in [0.05, 0.1) is 23.0 Å². The van der Waals surface area contributed by atoms with E-state index in [1.165, 1.54) is 26.1 Å². The molecule has 39 heavy (non-hydrogen) atoms. The van der Waals surface area contributed by atoms with Crippen LogP contribution in [-0.2, 0) is 39.1 Å². The third-order valence-electron chi connectivity index (χ3n) is 6.46. The maximum absolute atomic E-state index is 13.5. The lowest BCUT2D eigenvalue weighted by Gasteiger charge is -2.27. The van der Waals surface area contributed by atoms with Crippen LogP contribution in [0.1, 0.15) is 17.0 Å². The topological polar surface area (TPSA) is 166 Å². The summed E-state index contributed by atoms with van der Waals surface area (Å²) in [6.07, 6.45) is 0.662. The lowest BCUT2D eigenvalue weighted by Crippen LogP contribution is -2.43. The molecule has 0 spiro atoms. The van der Waals surface area contributed by atoms with Crippen molar-refractivity contribution < 1.29 is 22.9 Å². The highest BCUT2D eigenvalue weighted by Crippen LogP contribution is 2.34. The second-order valence-corrected chi connectivity index (χ2v) is 11.0. The van der Waals surface area contributed by atoms with Crippen LogP contribution in [0.2, 0.25) is 0 Å². The van der Waals surface area contributed by atoms with Gasteiger partial charge in [-0.05, 0) is 41.5 Å². The van der Waals surface area contributed by atoms with Crippen LogP contribution in [0.15, 0.2) is 47.4 Å². The summed E-state index contributed by atoms with van der Waals surface area (Å²) >= 11 is 0. The van der Waals surface area contributed by atoms with E-state index in [1.807, 2.05) is 30.3 Å². The van der Waals surface area contributed by atoms with Crippen molar-refractivity contribution >= 4 is 27.3 Å². The number of aromatic nitrogens is 4. The molecule has 1 fully saturated rings. The minimum absolute atomic E-state index is 0.00275. The summed E-state index contributed by atoms with van der Waals surface area (Å²) < 4.78 is 34.6. The number of ether oxygens (including phenoxy) is 1. The number of hydrogen-bond acceptors (Lipinski definition) is 10. The summed E-state index contributed by atoms with van der Waals surface area (Å²) in [6, 6.07) is 12.5. The van der Waals surface area contributed by atoms with Gasteiger partial charge in [0.2, 0.25) is 15.9 Å². The fourth-order valence-corrected chi connectivity index (χ4v) is 5.64. The van der Waals surface area contributed by atoms with Crippen molar-refractivity contribution in [2.75, 3.05) is 45.2 Å². The standard InChI is InChI=1S/C24H30N8O6S/c1-18-21(9-8-20(24(18)32(34)35)25-11-13-30-14-15-38-17-23(30)33)39(36,37)29(2)16-22-26-27-28-31(22)12-10-19-6-4-3-5-7-19/h3-9,25H,10-17H2,1-2H3. The smallest absolute Gasteiger partial charge is 0.296 e. The molecule has 1 aliphatic heterocycles. The number of anilines is 1. The van der Waals surface area contributed by atoms with E-state index in [-0.39, 0.29) is 47.4 Å².